The first-order chi connectivity index (χ1) is 21.8. The molecule has 3 aromatic carbocycles. The van der Waals surface area contributed by atoms with Gasteiger partial charge in [-0.05, 0) is 67.8 Å². The quantitative estimate of drug-likeness (QED) is 0.202. The van der Waals surface area contributed by atoms with Gasteiger partial charge in [0.25, 0.3) is 5.56 Å². The van der Waals surface area contributed by atoms with Crippen molar-refractivity contribution >= 4 is 35.0 Å². The SMILES string of the molecule is CCOc1ccc([C@@H]2C(C(=O)OC)=CN=c3s/c(=C\c4cc(Cl)c(OCc5ccc(C)cc5)c(OC)c4)c(=O)n32)cc1OCC. The van der Waals surface area contributed by atoms with Gasteiger partial charge in [0, 0.05) is 6.20 Å². The molecule has 5 rings (SSSR count). The summed E-state index contributed by atoms with van der Waals surface area (Å²) >= 11 is 7.85. The number of methoxy groups -OCH3 is 2. The van der Waals surface area contributed by atoms with Gasteiger partial charge in [-0.3, -0.25) is 9.36 Å². The Bertz CT molecular complexity index is 1930. The van der Waals surface area contributed by atoms with Gasteiger partial charge in [0.05, 0.1) is 48.6 Å². The highest BCUT2D eigenvalue weighted by Gasteiger charge is 2.31. The second-order valence-corrected chi connectivity index (χ2v) is 11.5. The zero-order valence-corrected chi connectivity index (χ0v) is 27.2. The number of halogens is 1. The van der Waals surface area contributed by atoms with E-state index in [-0.39, 0.29) is 11.1 Å². The van der Waals surface area contributed by atoms with Gasteiger partial charge in [0.15, 0.2) is 27.8 Å². The number of thiazole rings is 1. The molecule has 0 aliphatic carbocycles. The maximum atomic E-state index is 14.0. The Hall–Kier alpha value is -4.54. The minimum absolute atomic E-state index is 0.211. The summed E-state index contributed by atoms with van der Waals surface area (Å²) in [5, 5.41) is 0.337. The van der Waals surface area contributed by atoms with Crippen molar-refractivity contribution in [2.24, 2.45) is 4.99 Å². The number of rotatable bonds is 11. The fourth-order valence-electron chi connectivity index (χ4n) is 4.94. The zero-order chi connectivity index (χ0) is 32.1. The third kappa shape index (κ3) is 6.77. The molecule has 1 aliphatic rings. The summed E-state index contributed by atoms with van der Waals surface area (Å²) in [5.41, 5.74) is 3.30. The van der Waals surface area contributed by atoms with E-state index in [9.17, 15) is 9.59 Å². The van der Waals surface area contributed by atoms with Gasteiger partial charge < -0.3 is 23.7 Å². The van der Waals surface area contributed by atoms with Crippen LogP contribution < -0.4 is 33.8 Å². The molecule has 0 radical (unpaired) electrons. The highest BCUT2D eigenvalue weighted by atomic mass is 35.5. The van der Waals surface area contributed by atoms with Crippen molar-refractivity contribution in [3.05, 3.63) is 113 Å². The van der Waals surface area contributed by atoms with Crippen LogP contribution in [0.2, 0.25) is 5.02 Å². The predicted octanol–water partition coefficient (Wildman–Crippen LogP) is 5.36. The second kappa shape index (κ2) is 14.0. The van der Waals surface area contributed by atoms with Crippen LogP contribution in [0.4, 0.5) is 0 Å². The Morgan fingerprint density at radius 2 is 1.71 bits per heavy atom. The van der Waals surface area contributed by atoms with Crippen LogP contribution >= 0.6 is 22.9 Å². The molecule has 0 fully saturated rings. The lowest BCUT2D eigenvalue weighted by Crippen LogP contribution is -2.39. The topological polar surface area (TPSA) is 97.6 Å². The molecule has 9 nitrogen and oxygen atoms in total. The second-order valence-electron chi connectivity index (χ2n) is 10.1. The lowest BCUT2D eigenvalue weighted by atomic mass is 9.97. The van der Waals surface area contributed by atoms with Gasteiger partial charge in [0.2, 0.25) is 0 Å². The Kier molecular flexibility index (Phi) is 9.95. The van der Waals surface area contributed by atoms with Gasteiger partial charge in [-0.1, -0.05) is 58.8 Å². The largest absolute Gasteiger partial charge is 0.493 e. The van der Waals surface area contributed by atoms with Crippen molar-refractivity contribution < 1.29 is 28.5 Å². The number of ether oxygens (including phenoxy) is 5. The third-order valence-electron chi connectivity index (χ3n) is 7.06. The number of hydrogen-bond donors (Lipinski definition) is 0. The van der Waals surface area contributed by atoms with Gasteiger partial charge in [-0.2, -0.15) is 0 Å². The lowest BCUT2D eigenvalue weighted by molar-refractivity contribution is -0.136. The van der Waals surface area contributed by atoms with E-state index >= 15 is 0 Å². The van der Waals surface area contributed by atoms with Crippen molar-refractivity contribution in [1.82, 2.24) is 4.57 Å². The lowest BCUT2D eigenvalue weighted by Gasteiger charge is -2.23. The van der Waals surface area contributed by atoms with E-state index in [1.54, 1.807) is 36.4 Å². The molecule has 1 atom stereocenters. The molecule has 4 aromatic rings. The van der Waals surface area contributed by atoms with Crippen LogP contribution in [0.1, 0.15) is 42.1 Å². The van der Waals surface area contributed by atoms with E-state index in [0.29, 0.717) is 68.3 Å². The standard InChI is InChI=1S/C34H33ClN2O7S/c1-6-42-26-13-12-23(17-27(26)43-7-2)30-24(33(39)41-5)18-36-34-37(30)32(38)29(45-34)16-22-14-25(35)31(28(15-22)40-4)44-19-21-10-8-20(3)9-11-21/h8-18,30H,6-7,19H2,1-5H3/b29-16-/t30-/m1/s1. The maximum absolute atomic E-state index is 14.0. The highest BCUT2D eigenvalue weighted by Crippen LogP contribution is 2.38. The molecular weight excluding hydrogens is 616 g/mol. The summed E-state index contributed by atoms with van der Waals surface area (Å²) in [6, 6.07) is 16.0. The molecule has 0 amide bonds. The van der Waals surface area contributed by atoms with Crippen molar-refractivity contribution in [1.29, 1.82) is 0 Å². The summed E-state index contributed by atoms with van der Waals surface area (Å²) < 4.78 is 30.1. The molecule has 0 spiro atoms. The molecule has 0 saturated heterocycles. The molecule has 0 unspecified atom stereocenters. The number of aryl methyl sites for hydroxylation is 1. The first-order valence-electron chi connectivity index (χ1n) is 14.3. The smallest absolute Gasteiger partial charge is 0.337 e. The Morgan fingerprint density at radius 3 is 2.40 bits per heavy atom. The normalized spacial score (nSPS) is 14.2. The molecule has 0 saturated carbocycles. The van der Waals surface area contributed by atoms with E-state index < -0.39 is 12.0 Å². The van der Waals surface area contributed by atoms with Crippen LogP contribution in [0, 0.1) is 6.92 Å². The number of fused-ring (bicyclic) bond motifs is 1. The minimum Gasteiger partial charge on any atom is -0.493 e. The average molecular weight is 649 g/mol. The fraction of sp³-hybridized carbons (Fsp3) is 0.265. The summed E-state index contributed by atoms with van der Waals surface area (Å²) in [7, 11) is 2.82. The van der Waals surface area contributed by atoms with Crippen LogP contribution in [0.5, 0.6) is 23.0 Å². The first kappa shape index (κ1) is 31.9. The molecule has 2 heterocycles. The molecule has 11 heteroatoms. The highest BCUT2D eigenvalue weighted by molar-refractivity contribution is 7.07. The molecule has 45 heavy (non-hydrogen) atoms. The van der Waals surface area contributed by atoms with Crippen LogP contribution in [-0.4, -0.2) is 38.0 Å². The number of aromatic nitrogens is 1. The van der Waals surface area contributed by atoms with E-state index in [2.05, 4.69) is 4.99 Å². The van der Waals surface area contributed by atoms with E-state index in [0.717, 1.165) is 11.1 Å². The molecule has 1 aliphatic heterocycles. The summed E-state index contributed by atoms with van der Waals surface area (Å²) in [4.78, 5) is 31.7. The van der Waals surface area contributed by atoms with Crippen LogP contribution in [0.3, 0.4) is 0 Å². The Morgan fingerprint density at radius 1 is 0.978 bits per heavy atom. The van der Waals surface area contributed by atoms with E-state index in [1.165, 1.54) is 36.3 Å². The van der Waals surface area contributed by atoms with Crippen molar-refractivity contribution in [2.45, 2.75) is 33.4 Å². The zero-order valence-electron chi connectivity index (χ0n) is 25.6. The molecule has 234 valence electrons. The third-order valence-corrected chi connectivity index (χ3v) is 8.34. The van der Waals surface area contributed by atoms with Crippen molar-refractivity contribution in [3.8, 4) is 23.0 Å². The Balaban J connectivity index is 1.56. The van der Waals surface area contributed by atoms with Crippen LogP contribution in [0.25, 0.3) is 6.08 Å². The molecule has 1 aromatic heterocycles. The monoisotopic (exact) mass is 648 g/mol. The predicted molar refractivity (Wildman–Crippen MR) is 173 cm³/mol. The fourth-order valence-corrected chi connectivity index (χ4v) is 6.18. The maximum Gasteiger partial charge on any atom is 0.337 e. The summed E-state index contributed by atoms with van der Waals surface area (Å²) in [5.74, 6) is 1.31. The summed E-state index contributed by atoms with van der Waals surface area (Å²) in [6.07, 6.45) is 3.16. The number of carbonyl (C=O) groups is 1. The molecule has 0 N–H and O–H groups in total. The van der Waals surface area contributed by atoms with Gasteiger partial charge in [0.1, 0.15) is 6.61 Å². The number of hydrogen-bond acceptors (Lipinski definition) is 9. The van der Waals surface area contributed by atoms with E-state index in [4.69, 9.17) is 35.3 Å². The number of esters is 1. The van der Waals surface area contributed by atoms with Crippen molar-refractivity contribution in [2.75, 3.05) is 27.4 Å². The average Bonchev–Trinajstić information content (AvgIpc) is 3.35. The molecular formula is C34H33ClN2O7S. The number of benzene rings is 3. The minimum atomic E-state index is -0.804. The number of carbonyl (C=O) groups excluding carboxylic acids is 1. The number of nitrogens with zero attached hydrogens (tertiary/aromatic N) is 2. The van der Waals surface area contributed by atoms with Gasteiger partial charge in [-0.25, -0.2) is 9.79 Å². The van der Waals surface area contributed by atoms with Crippen molar-refractivity contribution in [3.63, 3.8) is 0 Å². The van der Waals surface area contributed by atoms with Gasteiger partial charge >= 0.3 is 5.97 Å². The van der Waals surface area contributed by atoms with Gasteiger partial charge in [-0.15, -0.1) is 0 Å². The Labute approximate surface area is 269 Å². The summed E-state index contributed by atoms with van der Waals surface area (Å²) in [6.45, 7) is 6.96. The van der Waals surface area contributed by atoms with Crippen LogP contribution in [-0.2, 0) is 16.1 Å². The van der Waals surface area contributed by atoms with E-state index in [1.807, 2.05) is 45.0 Å². The van der Waals surface area contributed by atoms with Crippen LogP contribution in [0.15, 0.2) is 76.2 Å². The molecule has 0 bridgehead atoms. The first-order valence-corrected chi connectivity index (χ1v) is 15.5.